The summed E-state index contributed by atoms with van der Waals surface area (Å²) in [5, 5.41) is 14.9. The number of hydrogen-bond acceptors (Lipinski definition) is 10. The minimum Gasteiger partial charge on any atom is -0.462 e. The third kappa shape index (κ3) is 22.6. The van der Waals surface area contributed by atoms with E-state index in [0.29, 0.717) is 24.4 Å². The van der Waals surface area contributed by atoms with Gasteiger partial charge in [-0.3, -0.25) is 19.3 Å². The van der Waals surface area contributed by atoms with Crippen LogP contribution in [0.15, 0.2) is 0 Å². The molecule has 0 amide bonds. The van der Waals surface area contributed by atoms with Gasteiger partial charge in [-0.05, 0) is 166 Å². The number of nitrogens with zero attached hydrogens (tertiary/aromatic N) is 3. The highest BCUT2D eigenvalue weighted by atomic mass is 16.7. The summed E-state index contributed by atoms with van der Waals surface area (Å²) < 4.78 is 6.38. The lowest BCUT2D eigenvalue weighted by atomic mass is 9.78. The van der Waals surface area contributed by atoms with Crippen molar-refractivity contribution in [3.05, 3.63) is 0 Å². The molecule has 10 heteroatoms. The van der Waals surface area contributed by atoms with E-state index < -0.39 is 0 Å². The smallest absolute Gasteiger partial charge is 0.306 e. The zero-order valence-corrected chi connectivity index (χ0v) is 49.2. The number of ether oxygens (including phenoxy) is 1. The standard InChI is InChI=1S/C60H119N5O5/c1-16-19-22-25-28-33-40-67-63-55(4,5)43-51(44-56(63,6)7)61-39-32-31-36-50(49-62-52-45-57(8,9)64(58(10,11)46-52)68-41-34-29-26-23-20-17-2)37-38-54(66)70-53-47-59(12,13)65(60(14,15)48-53)69-42-35-30-27-24-21-18-3/h50-53,61-62H,16-49H2,1-15H3. The maximum atomic E-state index is 13.8. The number of hydroxylamine groups is 6. The van der Waals surface area contributed by atoms with Crippen LogP contribution in [-0.4, -0.2) is 105 Å². The fourth-order valence-electron chi connectivity index (χ4n) is 13.3. The van der Waals surface area contributed by atoms with Crippen molar-refractivity contribution < 1.29 is 24.0 Å². The molecule has 3 fully saturated rings. The van der Waals surface area contributed by atoms with Gasteiger partial charge in [0.05, 0.1) is 19.8 Å². The molecule has 414 valence electrons. The van der Waals surface area contributed by atoms with Gasteiger partial charge in [0.2, 0.25) is 0 Å². The van der Waals surface area contributed by atoms with Crippen LogP contribution >= 0.6 is 0 Å². The van der Waals surface area contributed by atoms with Gasteiger partial charge in [-0.1, -0.05) is 124 Å². The van der Waals surface area contributed by atoms with Crippen LogP contribution in [0.5, 0.6) is 0 Å². The van der Waals surface area contributed by atoms with Crippen LogP contribution in [0.1, 0.15) is 290 Å². The number of carbonyl (C=O) groups is 1. The van der Waals surface area contributed by atoms with Gasteiger partial charge in [0.15, 0.2) is 0 Å². The Balaban J connectivity index is 1.57. The Hall–Kier alpha value is -0.850. The lowest BCUT2D eigenvalue weighted by Crippen LogP contribution is -2.63. The van der Waals surface area contributed by atoms with Crippen molar-refractivity contribution in [1.29, 1.82) is 0 Å². The van der Waals surface area contributed by atoms with Gasteiger partial charge < -0.3 is 15.4 Å². The quantitative estimate of drug-likeness (QED) is 0.0463. The van der Waals surface area contributed by atoms with E-state index in [0.717, 1.165) is 116 Å². The van der Waals surface area contributed by atoms with Crippen LogP contribution in [-0.2, 0) is 24.0 Å². The van der Waals surface area contributed by atoms with Crippen LogP contribution < -0.4 is 10.6 Å². The Bertz CT molecular complexity index is 1350. The summed E-state index contributed by atoms with van der Waals surface area (Å²) in [6.07, 6.45) is 33.2. The molecule has 0 radical (unpaired) electrons. The first-order valence-corrected chi connectivity index (χ1v) is 30.0. The van der Waals surface area contributed by atoms with Gasteiger partial charge in [-0.15, -0.1) is 0 Å². The molecule has 1 atom stereocenters. The third-order valence-electron chi connectivity index (χ3n) is 16.1. The Morgan fingerprint density at radius 1 is 0.443 bits per heavy atom. The second-order valence-electron chi connectivity index (χ2n) is 26.6. The molecular weight excluding hydrogens is 871 g/mol. The van der Waals surface area contributed by atoms with E-state index in [1.807, 2.05) is 0 Å². The van der Waals surface area contributed by atoms with E-state index in [9.17, 15) is 4.79 Å². The molecule has 0 aliphatic carbocycles. The summed E-state index contributed by atoms with van der Waals surface area (Å²) in [5.41, 5.74) is -0.680. The molecule has 0 saturated carbocycles. The summed E-state index contributed by atoms with van der Waals surface area (Å²) >= 11 is 0. The Kier molecular flexibility index (Phi) is 28.3. The molecule has 10 nitrogen and oxygen atoms in total. The van der Waals surface area contributed by atoms with Crippen molar-refractivity contribution in [2.75, 3.05) is 32.9 Å². The number of unbranched alkanes of at least 4 members (excludes halogenated alkanes) is 16. The first-order valence-electron chi connectivity index (χ1n) is 30.0. The average molecular weight is 991 g/mol. The van der Waals surface area contributed by atoms with Gasteiger partial charge in [-0.2, -0.15) is 15.2 Å². The minimum atomic E-state index is -0.227. The van der Waals surface area contributed by atoms with Gasteiger partial charge in [-0.25, -0.2) is 0 Å². The minimum absolute atomic E-state index is 0.0319. The molecule has 3 aliphatic rings. The van der Waals surface area contributed by atoms with Crippen LogP contribution in [0.25, 0.3) is 0 Å². The van der Waals surface area contributed by atoms with Crippen LogP contribution in [0, 0.1) is 5.92 Å². The van der Waals surface area contributed by atoms with E-state index in [1.165, 1.54) is 96.3 Å². The SMILES string of the molecule is CCCCCCCCON1C(C)(C)CC(NCCCCC(CCC(=O)OC2CC(C)(C)N(OCCCCCCCC)C(C)(C)C2)CNC2CC(C)(C)N(OCCCCCCCC)C(C)(C)C2)CC1(C)C. The highest BCUT2D eigenvalue weighted by molar-refractivity contribution is 5.69. The number of nitrogens with one attached hydrogen (secondary N) is 2. The predicted octanol–water partition coefficient (Wildman–Crippen LogP) is 15.2. The normalized spacial score (nSPS) is 22.4. The molecule has 0 spiro atoms. The van der Waals surface area contributed by atoms with Crippen LogP contribution in [0.2, 0.25) is 0 Å². The summed E-state index contributed by atoms with van der Waals surface area (Å²) in [4.78, 5) is 33.4. The van der Waals surface area contributed by atoms with E-state index in [1.54, 1.807) is 0 Å². The molecule has 2 N–H and O–H groups in total. The van der Waals surface area contributed by atoms with Crippen molar-refractivity contribution >= 4 is 5.97 Å². The third-order valence-corrected chi connectivity index (χ3v) is 16.1. The molecule has 0 aromatic rings. The van der Waals surface area contributed by atoms with Gasteiger partial charge in [0, 0.05) is 64.6 Å². The largest absolute Gasteiger partial charge is 0.462 e. The lowest BCUT2D eigenvalue weighted by Gasteiger charge is -2.54. The average Bonchev–Trinajstić information content (AvgIpc) is 3.24. The van der Waals surface area contributed by atoms with E-state index in [-0.39, 0.29) is 45.3 Å². The molecule has 0 aromatic heterocycles. The summed E-state index contributed by atoms with van der Waals surface area (Å²) in [6, 6.07) is 0.854. The molecule has 1 unspecified atom stereocenters. The molecule has 70 heavy (non-hydrogen) atoms. The fourth-order valence-corrected chi connectivity index (χ4v) is 13.3. The Morgan fingerprint density at radius 3 is 1.17 bits per heavy atom. The number of piperidine rings is 3. The number of rotatable bonds is 37. The molecule has 0 bridgehead atoms. The maximum Gasteiger partial charge on any atom is 0.306 e. The van der Waals surface area contributed by atoms with Crippen molar-refractivity contribution in [2.24, 2.45) is 5.92 Å². The molecule has 3 heterocycles. The fraction of sp³-hybridized carbons (Fsp3) is 0.983. The Labute approximate surface area is 434 Å². The second kappa shape index (κ2) is 31.3. The van der Waals surface area contributed by atoms with Gasteiger partial charge in [0.1, 0.15) is 6.10 Å². The van der Waals surface area contributed by atoms with E-state index >= 15 is 0 Å². The number of hydrogen-bond donors (Lipinski definition) is 2. The van der Waals surface area contributed by atoms with Gasteiger partial charge >= 0.3 is 5.97 Å². The van der Waals surface area contributed by atoms with Crippen LogP contribution in [0.4, 0.5) is 0 Å². The molecule has 3 rings (SSSR count). The molecule has 3 saturated heterocycles. The van der Waals surface area contributed by atoms with Gasteiger partial charge in [0.25, 0.3) is 0 Å². The molecule has 3 aliphatic heterocycles. The molecule has 0 aromatic carbocycles. The lowest BCUT2D eigenvalue weighted by molar-refractivity contribution is -0.293. The highest BCUT2D eigenvalue weighted by Gasteiger charge is 2.49. The first kappa shape index (κ1) is 63.4. The molecular formula is C60H119N5O5. The highest BCUT2D eigenvalue weighted by Crippen LogP contribution is 2.42. The Morgan fingerprint density at radius 2 is 0.786 bits per heavy atom. The second-order valence-corrected chi connectivity index (χ2v) is 26.6. The van der Waals surface area contributed by atoms with Crippen molar-refractivity contribution in [3.63, 3.8) is 0 Å². The summed E-state index contributed by atoms with van der Waals surface area (Å²) in [5.74, 6) is 0.353. The van der Waals surface area contributed by atoms with Crippen molar-refractivity contribution in [3.8, 4) is 0 Å². The summed E-state index contributed by atoms with van der Waals surface area (Å²) in [7, 11) is 0. The van der Waals surface area contributed by atoms with E-state index in [2.05, 4.69) is 130 Å². The predicted molar refractivity (Wildman–Crippen MR) is 296 cm³/mol. The number of carbonyl (C=O) groups excluding carboxylic acids is 1. The van der Waals surface area contributed by atoms with E-state index in [4.69, 9.17) is 19.2 Å². The zero-order valence-electron chi connectivity index (χ0n) is 49.2. The monoisotopic (exact) mass is 990 g/mol. The summed E-state index contributed by atoms with van der Waals surface area (Å²) in [6.45, 7) is 39.0. The van der Waals surface area contributed by atoms with Crippen LogP contribution in [0.3, 0.4) is 0 Å². The zero-order chi connectivity index (χ0) is 51.9. The topological polar surface area (TPSA) is 87.8 Å². The van der Waals surface area contributed by atoms with Crippen molar-refractivity contribution in [1.82, 2.24) is 25.8 Å². The first-order chi connectivity index (χ1) is 33.0. The maximum absolute atomic E-state index is 13.8. The number of esters is 1. The van der Waals surface area contributed by atoms with Crippen molar-refractivity contribution in [2.45, 2.75) is 341 Å².